The maximum atomic E-state index is 5.46. The van der Waals surface area contributed by atoms with E-state index >= 15 is 0 Å². The van der Waals surface area contributed by atoms with Gasteiger partial charge in [0.15, 0.2) is 0 Å². The molecular weight excluding hydrogens is 771 g/mol. The van der Waals surface area contributed by atoms with Gasteiger partial charge in [-0.2, -0.15) is 0 Å². The van der Waals surface area contributed by atoms with Crippen molar-refractivity contribution in [2.75, 3.05) is 0 Å². The molecule has 0 spiro atoms. The molecule has 0 amide bonds. The number of hydrogen-bond acceptors (Lipinski definition) is 1. The van der Waals surface area contributed by atoms with Gasteiger partial charge in [-0.1, -0.05) is 224 Å². The van der Waals surface area contributed by atoms with Crippen LogP contribution >= 0.6 is 0 Å². The number of aliphatic imine (C=N–C) groups is 1. The molecule has 1 nitrogen and oxygen atoms in total. The van der Waals surface area contributed by atoms with E-state index in [4.69, 9.17) is 4.99 Å². The molecule has 64 heavy (non-hydrogen) atoms. The molecule has 0 aliphatic heterocycles. The molecule has 0 radical (unpaired) electrons. The van der Waals surface area contributed by atoms with E-state index in [1.165, 1.54) is 72.3 Å². The molecule has 8 aromatic rings. The lowest BCUT2D eigenvalue weighted by Gasteiger charge is -2.34. The van der Waals surface area contributed by atoms with Gasteiger partial charge in [0, 0.05) is 11.3 Å². The first-order valence-corrected chi connectivity index (χ1v) is 22.5. The Kier molecular flexibility index (Phi) is 11.1. The monoisotopic (exact) mass is 821 g/mol. The Morgan fingerprint density at radius 1 is 0.562 bits per heavy atom. The van der Waals surface area contributed by atoms with Crippen molar-refractivity contribution in [3.63, 3.8) is 0 Å². The van der Waals surface area contributed by atoms with Crippen LogP contribution in [0.25, 0.3) is 39.1 Å². The summed E-state index contributed by atoms with van der Waals surface area (Å²) in [6.45, 7) is 8.92. The van der Waals surface area contributed by atoms with Gasteiger partial charge in [0.05, 0.1) is 11.1 Å². The third kappa shape index (κ3) is 7.65. The van der Waals surface area contributed by atoms with Crippen LogP contribution in [0, 0.1) is 0 Å². The zero-order valence-electron chi connectivity index (χ0n) is 36.6. The standard InChI is InChI=1S/C63H51N/c1-44-19-13-15-27-56(44)57-28-16-14-22-53(57)42-47-31-33-49(34-32-47)50-35-37-51(38-36-50)62(41-45(2)48-20-7-4-8-21-48)64-46(3)52-39-40-59-58-29-17-18-30-60(58)63(61(59)43-52,54-23-9-5-10-24-54)55-25-11-6-12-26-55/h4-12,14-18,20-41,43H,2,13,19,42H2,1,3H3/b62-41-,64-46?. The minimum atomic E-state index is -0.479. The predicted octanol–water partition coefficient (Wildman–Crippen LogP) is 16.0. The lowest BCUT2D eigenvalue weighted by molar-refractivity contribution is 0.768. The van der Waals surface area contributed by atoms with Gasteiger partial charge in [0.25, 0.3) is 0 Å². The Morgan fingerprint density at radius 3 is 1.80 bits per heavy atom. The summed E-state index contributed by atoms with van der Waals surface area (Å²) >= 11 is 0. The van der Waals surface area contributed by atoms with Crippen molar-refractivity contribution in [1.29, 1.82) is 0 Å². The fourth-order valence-electron chi connectivity index (χ4n) is 9.90. The highest BCUT2D eigenvalue weighted by atomic mass is 14.8. The molecule has 2 aliphatic rings. The van der Waals surface area contributed by atoms with E-state index in [2.05, 4.69) is 239 Å². The number of benzene rings is 8. The van der Waals surface area contributed by atoms with Gasteiger partial charge in [0.1, 0.15) is 0 Å². The zero-order chi connectivity index (χ0) is 43.5. The molecule has 0 aromatic heterocycles. The first kappa shape index (κ1) is 40.5. The largest absolute Gasteiger partial charge is 0.252 e. The minimum Gasteiger partial charge on any atom is -0.252 e. The van der Waals surface area contributed by atoms with E-state index in [1.54, 1.807) is 0 Å². The maximum Gasteiger partial charge on any atom is 0.0713 e. The van der Waals surface area contributed by atoms with Gasteiger partial charge in [-0.15, -0.1) is 0 Å². The highest BCUT2D eigenvalue weighted by molar-refractivity contribution is 6.04. The zero-order valence-corrected chi connectivity index (χ0v) is 36.6. The Bertz CT molecular complexity index is 3070. The van der Waals surface area contributed by atoms with Crippen molar-refractivity contribution in [1.82, 2.24) is 0 Å². The number of allylic oxidation sites excluding steroid dienone is 6. The molecule has 10 rings (SSSR count). The molecule has 0 saturated carbocycles. The van der Waals surface area contributed by atoms with Gasteiger partial charge < -0.3 is 0 Å². The Balaban J connectivity index is 0.995. The van der Waals surface area contributed by atoms with Gasteiger partial charge in [-0.25, -0.2) is 0 Å². The lowest BCUT2D eigenvalue weighted by Crippen LogP contribution is -2.28. The summed E-state index contributed by atoms with van der Waals surface area (Å²) < 4.78 is 0. The summed E-state index contributed by atoms with van der Waals surface area (Å²) in [7, 11) is 0. The summed E-state index contributed by atoms with van der Waals surface area (Å²) in [6, 6.07) is 74.9. The molecule has 0 saturated heterocycles. The van der Waals surface area contributed by atoms with E-state index in [9.17, 15) is 0 Å². The topological polar surface area (TPSA) is 12.4 Å². The Morgan fingerprint density at radius 2 is 1.12 bits per heavy atom. The highest BCUT2D eigenvalue weighted by Gasteiger charge is 2.46. The molecule has 0 heterocycles. The molecule has 0 bridgehead atoms. The minimum absolute atomic E-state index is 0.479. The first-order valence-electron chi connectivity index (χ1n) is 22.5. The summed E-state index contributed by atoms with van der Waals surface area (Å²) in [5.74, 6) is 0. The van der Waals surface area contributed by atoms with Crippen molar-refractivity contribution in [2.45, 2.75) is 38.5 Å². The third-order valence-electron chi connectivity index (χ3n) is 13.2. The van der Waals surface area contributed by atoms with Crippen LogP contribution in [-0.2, 0) is 11.8 Å². The van der Waals surface area contributed by atoms with Crippen molar-refractivity contribution in [2.24, 2.45) is 4.99 Å². The maximum absolute atomic E-state index is 5.46. The van der Waals surface area contributed by atoms with E-state index in [1.807, 2.05) is 6.07 Å². The molecule has 0 N–H and O–H groups in total. The molecule has 1 heteroatoms. The third-order valence-corrected chi connectivity index (χ3v) is 13.2. The second-order valence-corrected chi connectivity index (χ2v) is 17.1. The number of fused-ring (bicyclic) bond motifs is 3. The summed E-state index contributed by atoms with van der Waals surface area (Å²) in [5.41, 5.74) is 22.3. The van der Waals surface area contributed by atoms with Crippen molar-refractivity contribution < 1.29 is 0 Å². The molecule has 0 atom stereocenters. The molecule has 308 valence electrons. The van der Waals surface area contributed by atoms with Crippen molar-refractivity contribution in [3.8, 4) is 22.3 Å². The van der Waals surface area contributed by atoms with E-state index in [0.29, 0.717) is 0 Å². The van der Waals surface area contributed by atoms with Crippen LogP contribution in [0.3, 0.4) is 0 Å². The Labute approximate surface area is 378 Å². The molecule has 2 aliphatic carbocycles. The molecule has 0 fully saturated rings. The van der Waals surface area contributed by atoms with Gasteiger partial charge in [-0.05, 0) is 129 Å². The van der Waals surface area contributed by atoms with Crippen LogP contribution in [0.5, 0.6) is 0 Å². The smallest absolute Gasteiger partial charge is 0.0713 e. The van der Waals surface area contributed by atoms with Crippen molar-refractivity contribution in [3.05, 3.63) is 292 Å². The summed E-state index contributed by atoms with van der Waals surface area (Å²) in [5, 5.41) is 0. The van der Waals surface area contributed by atoms with Gasteiger partial charge in [0.2, 0.25) is 0 Å². The van der Waals surface area contributed by atoms with Crippen LogP contribution < -0.4 is 0 Å². The predicted molar refractivity (Wildman–Crippen MR) is 272 cm³/mol. The van der Waals surface area contributed by atoms with Crippen LogP contribution in [0.2, 0.25) is 0 Å². The van der Waals surface area contributed by atoms with Crippen LogP contribution in [0.15, 0.2) is 242 Å². The van der Waals surface area contributed by atoms with E-state index in [0.717, 1.165) is 52.9 Å². The fraction of sp³-hybridized carbons (Fsp3) is 0.0952. The fourth-order valence-corrected chi connectivity index (χ4v) is 9.90. The second-order valence-electron chi connectivity index (χ2n) is 17.1. The van der Waals surface area contributed by atoms with Crippen molar-refractivity contribution >= 4 is 22.6 Å². The number of nitrogens with zero attached hydrogens (tertiary/aromatic N) is 1. The SMILES string of the molecule is C=C(/C=C(\N=C(C)c1ccc2c(c1)C(c1ccccc1)(c1ccccc1)c1ccccc1-2)c1ccc(-c2ccc(Cc3ccccc3C3=C(C)CCC=C3)cc2)cc1)c1ccccc1. The normalized spacial score (nSPS) is 14.3. The van der Waals surface area contributed by atoms with Gasteiger partial charge >= 0.3 is 0 Å². The average Bonchev–Trinajstić information content (AvgIpc) is 3.65. The molecule has 0 unspecified atom stereocenters. The quantitative estimate of drug-likeness (QED) is 0.0910. The average molecular weight is 822 g/mol. The van der Waals surface area contributed by atoms with Gasteiger partial charge in [-0.3, -0.25) is 4.99 Å². The molecule has 8 aromatic carbocycles. The van der Waals surface area contributed by atoms with E-state index in [-0.39, 0.29) is 0 Å². The summed E-state index contributed by atoms with van der Waals surface area (Å²) in [6.07, 6.45) is 9.90. The number of rotatable bonds is 11. The lowest BCUT2D eigenvalue weighted by atomic mass is 9.67. The highest BCUT2D eigenvalue weighted by Crippen LogP contribution is 2.56. The van der Waals surface area contributed by atoms with Crippen LogP contribution in [0.1, 0.15) is 82.3 Å². The molecular formula is C63H51N. The van der Waals surface area contributed by atoms with Crippen LogP contribution in [0.4, 0.5) is 0 Å². The van der Waals surface area contributed by atoms with E-state index < -0.39 is 5.41 Å². The first-order chi connectivity index (χ1) is 31.5. The second kappa shape index (κ2) is 17.6. The Hall–Kier alpha value is -7.61. The van der Waals surface area contributed by atoms with Crippen LogP contribution in [-0.4, -0.2) is 5.71 Å². The number of hydrogen-bond donors (Lipinski definition) is 0. The summed E-state index contributed by atoms with van der Waals surface area (Å²) in [4.78, 5) is 5.46.